The summed E-state index contributed by atoms with van der Waals surface area (Å²) < 4.78 is 44.3. The first-order chi connectivity index (χ1) is 18.7. The molecule has 8 nitrogen and oxygen atoms in total. The van der Waals surface area contributed by atoms with Gasteiger partial charge < -0.3 is 20.3 Å². The van der Waals surface area contributed by atoms with Gasteiger partial charge in [-0.05, 0) is 43.7 Å². The molecule has 39 heavy (non-hydrogen) atoms. The average molecular weight is 545 g/mol. The van der Waals surface area contributed by atoms with Crippen molar-refractivity contribution < 1.29 is 22.7 Å². The zero-order valence-corrected chi connectivity index (χ0v) is 22.3. The molecule has 0 spiro atoms. The second-order valence-corrected chi connectivity index (χ2v) is 9.71. The van der Waals surface area contributed by atoms with E-state index in [2.05, 4.69) is 38.9 Å². The minimum atomic E-state index is -4.61. The van der Waals surface area contributed by atoms with Crippen molar-refractivity contribution in [2.45, 2.75) is 32.1 Å². The van der Waals surface area contributed by atoms with Gasteiger partial charge in [-0.3, -0.25) is 14.7 Å². The van der Waals surface area contributed by atoms with Gasteiger partial charge in [0.25, 0.3) is 5.91 Å². The number of pyridine rings is 1. The van der Waals surface area contributed by atoms with Gasteiger partial charge in [0.15, 0.2) is 0 Å². The smallest absolute Gasteiger partial charge is 0.379 e. The number of alkyl halides is 3. The number of fused-ring (bicyclic) bond motifs is 1. The molecule has 2 aliphatic heterocycles. The van der Waals surface area contributed by atoms with Crippen LogP contribution in [0.1, 0.15) is 24.2 Å². The third-order valence-electron chi connectivity index (χ3n) is 7.01. The SMILES string of the molecule is C=C(/N=C\C(=C/C)C(CNC(=O)c1cccc2nc(N3CCNC(C)C3)ccc12)N1CCOCC1)C(F)(F)F. The number of morpholine rings is 1. The third kappa shape index (κ3) is 7.23. The number of allylic oxidation sites excluding steroid dienone is 2. The van der Waals surface area contributed by atoms with Crippen LogP contribution in [0.15, 0.2) is 59.2 Å². The first kappa shape index (κ1) is 28.7. The molecule has 2 aromatic rings. The van der Waals surface area contributed by atoms with E-state index in [9.17, 15) is 18.0 Å². The van der Waals surface area contributed by atoms with Gasteiger partial charge in [0.05, 0.1) is 24.8 Å². The second kappa shape index (κ2) is 12.7. The molecule has 1 amide bonds. The number of carbonyl (C=O) groups excluding carboxylic acids is 1. The van der Waals surface area contributed by atoms with Crippen LogP contribution >= 0.6 is 0 Å². The summed E-state index contributed by atoms with van der Waals surface area (Å²) in [5.74, 6) is 0.592. The monoisotopic (exact) mass is 544 g/mol. The Balaban J connectivity index is 1.52. The van der Waals surface area contributed by atoms with E-state index >= 15 is 0 Å². The van der Waals surface area contributed by atoms with Crippen molar-refractivity contribution in [3.63, 3.8) is 0 Å². The van der Waals surface area contributed by atoms with Gasteiger partial charge in [-0.1, -0.05) is 18.7 Å². The molecule has 2 fully saturated rings. The molecule has 1 aromatic carbocycles. The predicted molar refractivity (Wildman–Crippen MR) is 147 cm³/mol. The maximum Gasteiger partial charge on any atom is 0.432 e. The van der Waals surface area contributed by atoms with E-state index in [1.807, 2.05) is 18.2 Å². The number of aliphatic imine (C=N–C) groups is 1. The van der Waals surface area contributed by atoms with Crippen LogP contribution in [0.25, 0.3) is 10.9 Å². The van der Waals surface area contributed by atoms with Crippen LogP contribution in [0.4, 0.5) is 19.0 Å². The van der Waals surface area contributed by atoms with Crippen LogP contribution in [0, 0.1) is 0 Å². The van der Waals surface area contributed by atoms with Crippen LogP contribution in [0.2, 0.25) is 0 Å². The minimum absolute atomic E-state index is 0.184. The fourth-order valence-electron chi connectivity index (χ4n) is 4.87. The van der Waals surface area contributed by atoms with Gasteiger partial charge in [-0.25, -0.2) is 4.98 Å². The van der Waals surface area contributed by atoms with Crippen molar-refractivity contribution in [2.24, 2.45) is 4.99 Å². The average Bonchev–Trinajstić information content (AvgIpc) is 2.93. The largest absolute Gasteiger partial charge is 0.432 e. The molecule has 0 radical (unpaired) electrons. The Bertz CT molecular complexity index is 1240. The van der Waals surface area contributed by atoms with E-state index in [-0.39, 0.29) is 18.5 Å². The fourth-order valence-corrected chi connectivity index (χ4v) is 4.87. The first-order valence-corrected chi connectivity index (χ1v) is 13.1. The highest BCUT2D eigenvalue weighted by Gasteiger charge is 2.32. The van der Waals surface area contributed by atoms with Crippen molar-refractivity contribution in [1.29, 1.82) is 0 Å². The molecule has 2 atom stereocenters. The molecule has 210 valence electrons. The third-order valence-corrected chi connectivity index (χ3v) is 7.01. The Morgan fingerprint density at radius 2 is 2.05 bits per heavy atom. The summed E-state index contributed by atoms with van der Waals surface area (Å²) in [5.41, 5.74) is 0.590. The number of nitrogens with one attached hydrogen (secondary N) is 2. The molecule has 2 unspecified atom stereocenters. The molecule has 2 aliphatic rings. The predicted octanol–water partition coefficient (Wildman–Crippen LogP) is 3.56. The summed E-state index contributed by atoms with van der Waals surface area (Å²) >= 11 is 0. The molecule has 11 heteroatoms. The molecule has 1 aromatic heterocycles. The lowest BCUT2D eigenvalue weighted by Crippen LogP contribution is -2.50. The minimum Gasteiger partial charge on any atom is -0.379 e. The van der Waals surface area contributed by atoms with Crippen LogP contribution in [0.3, 0.4) is 0 Å². The number of amides is 1. The Morgan fingerprint density at radius 1 is 1.28 bits per heavy atom. The number of piperazine rings is 1. The number of aromatic nitrogens is 1. The first-order valence-electron chi connectivity index (χ1n) is 13.1. The summed E-state index contributed by atoms with van der Waals surface area (Å²) in [6.45, 7) is 11.8. The number of hydrogen-bond donors (Lipinski definition) is 2. The molecule has 4 rings (SSSR count). The number of benzene rings is 1. The molecule has 2 N–H and O–H groups in total. The number of anilines is 1. The normalized spacial score (nSPS) is 20.4. The number of carbonyl (C=O) groups is 1. The standard InChI is InChI=1S/C28H35F3N6O2/c1-4-21(16-33-20(3)28(29,30)31)25(36-12-14-39-15-13-36)17-34-27(38)23-6-5-7-24-22(23)8-9-26(35-24)37-11-10-32-19(2)18-37/h4-9,16,19,25,32H,3,10-15,17-18H2,1-2H3,(H,34,38)/b21-4+,33-16-. The molecular weight excluding hydrogens is 509 g/mol. The van der Waals surface area contributed by atoms with Gasteiger partial charge >= 0.3 is 6.18 Å². The van der Waals surface area contributed by atoms with Crippen molar-refractivity contribution in [2.75, 3.05) is 57.4 Å². The van der Waals surface area contributed by atoms with Crippen LogP contribution in [-0.4, -0.2) is 92.7 Å². The van der Waals surface area contributed by atoms with E-state index in [1.165, 1.54) is 6.21 Å². The quantitative estimate of drug-likeness (QED) is 0.495. The number of halogens is 3. The molecule has 0 saturated carbocycles. The summed E-state index contributed by atoms with van der Waals surface area (Å²) in [4.78, 5) is 26.1. The van der Waals surface area contributed by atoms with E-state index in [0.29, 0.717) is 43.5 Å². The summed E-state index contributed by atoms with van der Waals surface area (Å²) in [6.07, 6.45) is -1.72. The van der Waals surface area contributed by atoms with Gasteiger partial charge in [0.2, 0.25) is 0 Å². The highest BCUT2D eigenvalue weighted by Crippen LogP contribution is 2.25. The molecule has 3 heterocycles. The van der Waals surface area contributed by atoms with Gasteiger partial charge in [-0.2, -0.15) is 13.2 Å². The number of nitrogens with zero attached hydrogens (tertiary/aromatic N) is 4. The highest BCUT2D eigenvalue weighted by molar-refractivity contribution is 6.06. The van der Waals surface area contributed by atoms with Gasteiger partial charge in [0.1, 0.15) is 11.5 Å². The zero-order valence-electron chi connectivity index (χ0n) is 22.3. The summed E-state index contributed by atoms with van der Waals surface area (Å²) in [5, 5.41) is 7.15. The maximum atomic E-state index is 13.4. The van der Waals surface area contributed by atoms with Crippen molar-refractivity contribution in [3.8, 4) is 0 Å². The Labute approximate surface area is 226 Å². The second-order valence-electron chi connectivity index (χ2n) is 9.71. The Hall–Kier alpha value is -3.28. The van der Waals surface area contributed by atoms with E-state index in [0.717, 1.165) is 36.4 Å². The molecule has 2 saturated heterocycles. The molecule has 0 aliphatic carbocycles. The highest BCUT2D eigenvalue weighted by atomic mass is 19.4. The van der Waals surface area contributed by atoms with Crippen molar-refractivity contribution in [3.05, 3.63) is 59.8 Å². The van der Waals surface area contributed by atoms with E-state index in [4.69, 9.17) is 9.72 Å². The number of rotatable bonds is 8. The Kier molecular flexibility index (Phi) is 9.36. The lowest BCUT2D eigenvalue weighted by molar-refractivity contribution is -0.0918. The van der Waals surface area contributed by atoms with Crippen LogP contribution in [0.5, 0.6) is 0 Å². The van der Waals surface area contributed by atoms with Crippen LogP contribution in [-0.2, 0) is 4.74 Å². The fraction of sp³-hybridized carbons (Fsp3) is 0.464. The van der Waals surface area contributed by atoms with Gasteiger partial charge in [0, 0.05) is 62.5 Å². The lowest BCUT2D eigenvalue weighted by Gasteiger charge is -2.35. The topological polar surface area (TPSA) is 82.1 Å². The van der Waals surface area contributed by atoms with Crippen molar-refractivity contribution >= 4 is 28.8 Å². The molecular formula is C28H35F3N6O2. The molecule has 0 bridgehead atoms. The van der Waals surface area contributed by atoms with Crippen LogP contribution < -0.4 is 15.5 Å². The summed E-state index contributed by atoms with van der Waals surface area (Å²) in [6, 6.07) is 9.29. The number of ether oxygens (including phenoxy) is 1. The van der Waals surface area contributed by atoms with E-state index < -0.39 is 11.9 Å². The van der Waals surface area contributed by atoms with E-state index in [1.54, 1.807) is 25.1 Å². The number of hydrogen-bond acceptors (Lipinski definition) is 7. The Morgan fingerprint density at radius 3 is 2.74 bits per heavy atom. The van der Waals surface area contributed by atoms with Gasteiger partial charge in [-0.15, -0.1) is 0 Å². The lowest BCUT2D eigenvalue weighted by atomic mass is 10.0. The van der Waals surface area contributed by atoms with Crippen molar-refractivity contribution in [1.82, 2.24) is 20.5 Å². The summed E-state index contributed by atoms with van der Waals surface area (Å²) in [7, 11) is 0. The zero-order chi connectivity index (χ0) is 28.0. The maximum absolute atomic E-state index is 13.4.